The summed E-state index contributed by atoms with van der Waals surface area (Å²) in [6.07, 6.45) is 1.91. The van der Waals surface area contributed by atoms with E-state index in [0.29, 0.717) is 11.1 Å². The molecule has 0 N–H and O–H groups in total. The maximum absolute atomic E-state index is 13.9. The highest BCUT2D eigenvalue weighted by atomic mass is 79.9. The van der Waals surface area contributed by atoms with E-state index in [4.69, 9.17) is 0 Å². The van der Waals surface area contributed by atoms with Crippen molar-refractivity contribution in [2.45, 2.75) is 12.8 Å². The third-order valence-corrected chi connectivity index (χ3v) is 8.78. The Balaban J connectivity index is 1.26. The van der Waals surface area contributed by atoms with Crippen molar-refractivity contribution in [1.82, 2.24) is 0 Å². The molecule has 0 bridgehead atoms. The van der Waals surface area contributed by atoms with Gasteiger partial charge in [-0.3, -0.25) is 4.79 Å². The topological polar surface area (TPSA) is 17.1 Å². The highest BCUT2D eigenvalue weighted by Gasteiger charge is 2.14. The Morgan fingerprint density at radius 2 is 1.02 bits per heavy atom. The fourth-order valence-corrected chi connectivity index (χ4v) is 6.09. The molecule has 6 aromatic rings. The van der Waals surface area contributed by atoms with Crippen molar-refractivity contribution >= 4 is 37.6 Å². The smallest absolute Gasteiger partial charge is 0.193 e. The molecule has 0 aliphatic carbocycles. The van der Waals surface area contributed by atoms with Crippen LogP contribution in [0.25, 0.3) is 33.4 Å². The lowest BCUT2D eigenvalue weighted by Crippen LogP contribution is -2.02. The van der Waals surface area contributed by atoms with Gasteiger partial charge in [0.1, 0.15) is 0 Å². The summed E-state index contributed by atoms with van der Waals surface area (Å²) in [5.74, 6) is 0.0167. The highest BCUT2D eigenvalue weighted by Crippen LogP contribution is 2.30. The van der Waals surface area contributed by atoms with Gasteiger partial charge in [-0.1, -0.05) is 135 Å². The van der Waals surface area contributed by atoms with Gasteiger partial charge in [0.2, 0.25) is 0 Å². The summed E-state index contributed by atoms with van der Waals surface area (Å²) in [5, 5.41) is 0. The minimum absolute atomic E-state index is 0.0167. The van der Waals surface area contributed by atoms with Crippen LogP contribution in [0.15, 0.2) is 155 Å². The molecule has 0 aliphatic rings. The minimum Gasteiger partial charge on any atom is -0.289 e. The van der Waals surface area contributed by atoms with Crippen LogP contribution < -0.4 is 0 Å². The monoisotopic (exact) mass is 670 g/mol. The zero-order chi connectivity index (χ0) is 28.9. The molecular weight excluding hydrogens is 644 g/mol. The number of rotatable bonds is 8. The average Bonchev–Trinajstić information content (AvgIpc) is 3.05. The van der Waals surface area contributed by atoms with Gasteiger partial charge >= 0.3 is 0 Å². The van der Waals surface area contributed by atoms with E-state index in [1.54, 1.807) is 0 Å². The Kier molecular flexibility index (Phi) is 8.60. The molecule has 6 aromatic carbocycles. The Hall–Kier alpha value is -4.05. The summed E-state index contributed by atoms with van der Waals surface area (Å²) in [5.41, 5.74) is 10.3. The van der Waals surface area contributed by atoms with Gasteiger partial charge in [-0.15, -0.1) is 0 Å². The number of hydrogen-bond donors (Lipinski definition) is 0. The van der Waals surface area contributed by atoms with Gasteiger partial charge in [-0.05, 0) is 99.8 Å². The predicted molar refractivity (Wildman–Crippen MR) is 182 cm³/mol. The number of benzene rings is 6. The summed E-state index contributed by atoms with van der Waals surface area (Å²) in [7, 11) is 0. The minimum atomic E-state index is 0.0167. The first-order valence-electron chi connectivity index (χ1n) is 14.0. The summed E-state index contributed by atoms with van der Waals surface area (Å²) < 4.78 is 2.22. The first kappa shape index (κ1) is 28.1. The first-order chi connectivity index (χ1) is 20.5. The van der Waals surface area contributed by atoms with Gasteiger partial charge in [0.15, 0.2) is 5.78 Å². The van der Waals surface area contributed by atoms with E-state index in [9.17, 15) is 4.79 Å². The van der Waals surface area contributed by atoms with Crippen LogP contribution in [-0.2, 0) is 12.8 Å². The van der Waals surface area contributed by atoms with E-state index >= 15 is 0 Å². The van der Waals surface area contributed by atoms with Gasteiger partial charge in [-0.2, -0.15) is 0 Å². The summed E-state index contributed by atoms with van der Waals surface area (Å²) >= 11 is 7.24. The van der Waals surface area contributed by atoms with Crippen LogP contribution in [-0.4, -0.2) is 5.78 Å². The Morgan fingerprint density at radius 3 is 1.67 bits per heavy atom. The first-order valence-corrected chi connectivity index (χ1v) is 15.6. The van der Waals surface area contributed by atoms with Crippen LogP contribution in [0.3, 0.4) is 0 Å². The molecule has 1 nitrogen and oxygen atoms in total. The number of hydrogen-bond acceptors (Lipinski definition) is 1. The number of aryl methyl sites for hydroxylation is 2. The van der Waals surface area contributed by atoms with E-state index in [1.165, 1.54) is 11.1 Å². The van der Waals surface area contributed by atoms with Crippen LogP contribution in [0.4, 0.5) is 0 Å². The largest absolute Gasteiger partial charge is 0.289 e. The second-order valence-electron chi connectivity index (χ2n) is 10.4. The van der Waals surface area contributed by atoms with Gasteiger partial charge in [-0.25, -0.2) is 0 Å². The van der Waals surface area contributed by atoms with Gasteiger partial charge < -0.3 is 0 Å². The van der Waals surface area contributed by atoms with E-state index in [1.807, 2.05) is 72.8 Å². The molecule has 0 unspecified atom stereocenters. The normalized spacial score (nSPS) is 10.9. The molecule has 0 amide bonds. The second-order valence-corrected chi connectivity index (χ2v) is 12.1. The van der Waals surface area contributed by atoms with Crippen LogP contribution in [0.1, 0.15) is 27.0 Å². The number of carbonyl (C=O) groups excluding carboxylic acids is 1. The third kappa shape index (κ3) is 6.54. The lowest BCUT2D eigenvalue weighted by Gasteiger charge is -2.11. The van der Waals surface area contributed by atoms with Crippen molar-refractivity contribution in [3.63, 3.8) is 0 Å². The molecule has 6 rings (SSSR count). The van der Waals surface area contributed by atoms with Crippen molar-refractivity contribution in [2.24, 2.45) is 0 Å². The van der Waals surface area contributed by atoms with Crippen LogP contribution in [0.2, 0.25) is 0 Å². The number of halogens is 2. The maximum Gasteiger partial charge on any atom is 0.193 e. The fraction of sp³-hybridized carbons (Fsp3) is 0.0513. The van der Waals surface area contributed by atoms with Gasteiger partial charge in [0.05, 0.1) is 0 Å². The van der Waals surface area contributed by atoms with E-state index in [0.717, 1.165) is 55.2 Å². The summed E-state index contributed by atoms with van der Waals surface area (Å²) in [6.45, 7) is 0. The Morgan fingerprint density at radius 1 is 0.452 bits per heavy atom. The van der Waals surface area contributed by atoms with Crippen molar-refractivity contribution in [1.29, 1.82) is 0 Å². The van der Waals surface area contributed by atoms with Crippen molar-refractivity contribution in [3.8, 4) is 33.4 Å². The molecule has 0 radical (unpaired) electrons. The lowest BCUT2D eigenvalue weighted by atomic mass is 9.92. The second kappa shape index (κ2) is 12.9. The van der Waals surface area contributed by atoms with Crippen LogP contribution in [0.5, 0.6) is 0 Å². The van der Waals surface area contributed by atoms with E-state index in [2.05, 4.69) is 105 Å². The van der Waals surface area contributed by atoms with Crippen molar-refractivity contribution in [2.75, 3.05) is 0 Å². The zero-order valence-electron chi connectivity index (χ0n) is 22.9. The van der Waals surface area contributed by atoms with Gasteiger partial charge in [0, 0.05) is 20.1 Å². The SMILES string of the molecule is O=C(c1cccc(-c2ccc(CCc3cc(Br)ccc3Br)cc2)c1)c1cc(-c2ccccc2)cc(-c2ccccc2)c1. The quantitative estimate of drug-likeness (QED) is 0.147. The summed E-state index contributed by atoms with van der Waals surface area (Å²) in [6, 6.07) is 49.6. The van der Waals surface area contributed by atoms with Crippen LogP contribution in [0, 0.1) is 0 Å². The molecule has 0 atom stereocenters. The maximum atomic E-state index is 13.9. The standard InChI is InChI=1S/C39H28Br2O/c40-37-20-21-38(41)32(26-37)19-16-27-14-17-30(18-15-27)31-12-7-13-33(22-31)39(42)36-24-34(28-8-3-1-4-9-28)23-35(25-36)29-10-5-2-6-11-29/h1-15,17-18,20-26H,16,19H2. The molecule has 0 aromatic heterocycles. The van der Waals surface area contributed by atoms with Crippen LogP contribution >= 0.6 is 31.9 Å². The highest BCUT2D eigenvalue weighted by molar-refractivity contribution is 9.11. The molecule has 204 valence electrons. The fourth-order valence-electron chi connectivity index (χ4n) is 5.24. The van der Waals surface area contributed by atoms with Crippen molar-refractivity contribution < 1.29 is 4.79 Å². The average molecular weight is 672 g/mol. The number of ketones is 1. The summed E-state index contributed by atoms with van der Waals surface area (Å²) in [4.78, 5) is 13.9. The van der Waals surface area contributed by atoms with E-state index < -0.39 is 0 Å². The molecule has 42 heavy (non-hydrogen) atoms. The zero-order valence-corrected chi connectivity index (χ0v) is 26.1. The lowest BCUT2D eigenvalue weighted by molar-refractivity contribution is 0.103. The molecule has 0 saturated carbocycles. The molecule has 0 fully saturated rings. The predicted octanol–water partition coefficient (Wildman–Crippen LogP) is 11.2. The van der Waals surface area contributed by atoms with Gasteiger partial charge in [0.25, 0.3) is 0 Å². The van der Waals surface area contributed by atoms with E-state index in [-0.39, 0.29) is 5.78 Å². The Bertz CT molecular complexity index is 1780. The Labute approximate surface area is 264 Å². The molecule has 3 heteroatoms. The third-order valence-electron chi connectivity index (χ3n) is 7.51. The van der Waals surface area contributed by atoms with Crippen molar-refractivity contribution in [3.05, 3.63) is 177 Å². The molecule has 0 aliphatic heterocycles. The molecular formula is C39H28Br2O. The molecule has 0 spiro atoms. The molecule has 0 saturated heterocycles. The number of carbonyl (C=O) groups is 1. The molecule has 0 heterocycles.